The van der Waals surface area contributed by atoms with Crippen molar-refractivity contribution in [3.63, 3.8) is 0 Å². The number of aliphatic imine (C=N–C) groups is 5. The molecule has 0 aromatic heterocycles. The number of nitrogens with two attached hydrogens (primary N) is 1. The Morgan fingerprint density at radius 1 is 0.545 bits per heavy atom. The largest absolute Gasteiger partial charge is 0.478 e. The number of hydrogen-bond donors (Lipinski definition) is 8. The number of anilines is 3. The Morgan fingerprint density at radius 3 is 1.15 bits per heavy atom. The molecule has 6 aromatic carbocycles. The van der Waals surface area contributed by atoms with Crippen LogP contribution in [0.2, 0.25) is 0 Å². The summed E-state index contributed by atoms with van der Waals surface area (Å²) >= 11 is 41.6. The number of aromatic carboxylic acids is 4. The van der Waals surface area contributed by atoms with Crippen molar-refractivity contribution < 1.29 is 72.9 Å². The molecule has 1 aliphatic carbocycles. The minimum absolute atomic E-state index is 0.0556. The van der Waals surface area contributed by atoms with Crippen molar-refractivity contribution >= 4 is 225 Å². The molecular formula is C55H44Cl4N19O15PS5. The quantitative estimate of drug-likeness (QED) is 0.00381. The molecule has 44 heteroatoms. The molecule has 0 spiro atoms. The molecule has 99 heavy (non-hydrogen) atoms. The second-order valence-corrected chi connectivity index (χ2v) is 22.6. The summed E-state index contributed by atoms with van der Waals surface area (Å²) in [7, 11) is 4.72. The summed E-state index contributed by atoms with van der Waals surface area (Å²) in [6.45, 7) is 0. The number of nitrogens with zero attached hydrogens (tertiary/aromatic N) is 16. The summed E-state index contributed by atoms with van der Waals surface area (Å²) in [5, 5.41) is 94.3. The number of carboxylic acids is 4. The number of aliphatic hydroxyl groups is 1. The molecular weight excluding hydrogens is 1500 g/mol. The van der Waals surface area contributed by atoms with Gasteiger partial charge in [-0.3, -0.25) is 9.59 Å². The number of rotatable bonds is 16. The molecule has 0 bridgehead atoms. The van der Waals surface area contributed by atoms with Gasteiger partial charge in [0.05, 0.1) is 71.3 Å². The van der Waals surface area contributed by atoms with Crippen molar-refractivity contribution in [1.29, 1.82) is 26.8 Å². The lowest BCUT2D eigenvalue weighted by atomic mass is 10.1. The number of nitrogens with one attached hydrogen (secondary N) is 2. The fraction of sp³-hybridized carbons (Fsp3) is 0.109. The molecule has 0 radical (unpaired) electrons. The number of isocyanates is 1. The summed E-state index contributed by atoms with van der Waals surface area (Å²) in [4.78, 5) is 97.9. The number of azide groups is 2. The van der Waals surface area contributed by atoms with Crippen LogP contribution in [0.4, 0.5) is 45.5 Å². The number of ether oxygens (including phenoxy) is 1. The lowest BCUT2D eigenvalue weighted by molar-refractivity contribution is 0.0676. The zero-order valence-corrected chi connectivity index (χ0v) is 58.2. The molecule has 6 aromatic rings. The molecule has 0 unspecified atom stereocenters. The second-order valence-electron chi connectivity index (χ2n) is 15.9. The van der Waals surface area contributed by atoms with Crippen LogP contribution in [0.15, 0.2) is 157 Å². The van der Waals surface area contributed by atoms with Gasteiger partial charge in [-0.05, 0) is 161 Å². The lowest BCUT2D eigenvalue weighted by Gasteiger charge is -2.05. The maximum absolute atomic E-state index is 11.4. The van der Waals surface area contributed by atoms with Crippen molar-refractivity contribution in [2.45, 2.75) is 19.3 Å². The Bertz CT molecular complexity index is 4070. The summed E-state index contributed by atoms with van der Waals surface area (Å²) in [5.74, 6) is -6.03. The van der Waals surface area contributed by atoms with Gasteiger partial charge in [0, 0.05) is 115 Å². The first-order chi connectivity index (χ1) is 47.1. The zero-order valence-electron chi connectivity index (χ0n) is 50.2. The topological polar surface area (TPSA) is 585 Å². The third-order valence-electron chi connectivity index (χ3n) is 9.26. The van der Waals surface area contributed by atoms with Crippen LogP contribution >= 0.6 is 113 Å². The van der Waals surface area contributed by atoms with Gasteiger partial charge in [0.1, 0.15) is 11.5 Å². The molecule has 7 rings (SSSR count). The highest BCUT2D eigenvalue weighted by Crippen LogP contribution is 2.57. The highest BCUT2D eigenvalue weighted by atomic mass is 35.9. The number of amides is 2. The van der Waals surface area contributed by atoms with E-state index in [1.807, 2.05) is 37.5 Å². The van der Waals surface area contributed by atoms with Crippen molar-refractivity contribution in [1.82, 2.24) is 0 Å². The van der Waals surface area contributed by atoms with Crippen LogP contribution in [0.25, 0.3) is 20.9 Å². The molecule has 512 valence electrons. The van der Waals surface area contributed by atoms with Gasteiger partial charge in [0.2, 0.25) is 17.9 Å². The molecule has 1 fully saturated rings. The van der Waals surface area contributed by atoms with E-state index >= 15 is 0 Å². The van der Waals surface area contributed by atoms with Crippen LogP contribution in [0, 0.1) is 33.1 Å². The molecule has 34 nitrogen and oxygen atoms in total. The van der Waals surface area contributed by atoms with E-state index in [0.29, 0.717) is 11.4 Å². The summed E-state index contributed by atoms with van der Waals surface area (Å²) in [5.41, 5.74) is 24.8. The number of carbonyl (C=O) groups is 6. The minimum atomic E-state index is -3.44. The average molecular weight is 1540 g/mol. The number of carbonyl (C=O) groups excluding carboxylic acids is 3. The normalized spacial score (nSPS) is 8.92. The van der Waals surface area contributed by atoms with Crippen LogP contribution in [0.1, 0.15) is 81.4 Å². The number of aliphatic hydroxyl groups excluding tert-OH is 1. The first-order valence-electron chi connectivity index (χ1n) is 25.0. The number of nitrogen functional groups attached to an aromatic ring is 1. The average Bonchev–Trinajstić information content (AvgIpc) is 1.60. The molecule has 0 saturated heterocycles. The van der Waals surface area contributed by atoms with E-state index in [9.17, 15) is 38.1 Å². The SMILES string of the molecule is C1CC1.CNc1cc(N=C=S)cc(NC)c1.CO.N#COc1cc(N=C=O)cc(N=C=S)c1.N#N.N#N.Nc1cc(C(=O)O)cc(C(=O)O)c1.O=C(O)c1cc(N=C=S)cc(C(=O)O)c1.O=P(Cl)(Cl)Oc1ccccc1.S=C(Cl)Cl.[N-]=[N+]=NC(=O)c1cc(N=C=S)cc(C(=O)N=[N+]=[N-])c1. The first kappa shape index (κ1) is 93.9. The van der Waals surface area contributed by atoms with Crippen molar-refractivity contribution in [3.8, 4) is 17.8 Å². The van der Waals surface area contributed by atoms with Crippen LogP contribution < -0.4 is 25.6 Å². The van der Waals surface area contributed by atoms with Gasteiger partial charge in [0.25, 0.3) is 6.26 Å². The van der Waals surface area contributed by atoms with Crippen molar-refractivity contribution in [3.05, 3.63) is 176 Å². The monoisotopic (exact) mass is 1540 g/mol. The third-order valence-corrected chi connectivity index (χ3v) is 10.5. The maximum atomic E-state index is 11.4. The van der Waals surface area contributed by atoms with Gasteiger partial charge < -0.3 is 51.2 Å². The van der Waals surface area contributed by atoms with E-state index in [4.69, 9.17) is 115 Å². The lowest BCUT2D eigenvalue weighted by Crippen LogP contribution is -2.03. The van der Waals surface area contributed by atoms with Gasteiger partial charge in [0.15, 0.2) is 3.78 Å². The summed E-state index contributed by atoms with van der Waals surface area (Å²) < 4.78 is 19.9. The number of nitriles is 1. The van der Waals surface area contributed by atoms with Crippen LogP contribution in [0.3, 0.4) is 0 Å². The Kier molecular flexibility index (Phi) is 53.9. The predicted molar refractivity (Wildman–Crippen MR) is 383 cm³/mol. The smallest absolute Gasteiger partial charge is 0.428 e. The minimum Gasteiger partial charge on any atom is -0.478 e. The first-order valence-corrected chi connectivity index (χ1v) is 31.2. The standard InChI is InChI=1S/C9H3N7O2S.C9H3N3O2S.C9H11N3S.C9H5NO4S.C8H7NO4.C6H5Cl2O2P.C3H6.CCl2S.CH4O.2N2/c10-15-13-8(17)5-1-6(9(18)14-16-11)3-7(2-5)12-4-19;10-4-14-9-2-7(11-5-13)1-8(3-9)12-6-15;1-10-7-3-8(11-2)5-9(4-7)12-6-13;11-8(12)5-1-6(9(13)14)3-7(2-5)10-4-15;9-6-2-4(7(10)11)1-5(3-6)8(12)13;7-11(8,9)10-6-4-2-1-3-5-6;1-2-3-1;2-1(3)4;3*1-2/h1-3H;1-3H;3-5,10-11H,1-2H3;1-3H,(H,11,12)(H,13,14);1-3H,9H2,(H,10,11)(H,12,13);1-5H;1-3H2;;2H,1H3;;. The Balaban J connectivity index is -0.000000530. The van der Waals surface area contributed by atoms with Crippen molar-refractivity contribution in [2.75, 3.05) is 37.6 Å². The third kappa shape index (κ3) is 47.1. The van der Waals surface area contributed by atoms with Crippen LogP contribution in [-0.4, -0.2) is 113 Å². The van der Waals surface area contributed by atoms with Gasteiger partial charge in [-0.25, -0.2) is 28.5 Å². The van der Waals surface area contributed by atoms with Gasteiger partial charge in [-0.15, -0.1) is 5.26 Å². The predicted octanol–water partition coefficient (Wildman–Crippen LogP) is 16.8. The van der Waals surface area contributed by atoms with E-state index in [2.05, 4.69) is 141 Å². The highest BCUT2D eigenvalue weighted by Gasteiger charge is 2.16. The molecule has 0 heterocycles. The number of carboxylic acid groups (broad SMARTS) is 4. The molecule has 0 atom stereocenters. The van der Waals surface area contributed by atoms with Gasteiger partial charge in [-0.2, -0.15) is 25.0 Å². The summed E-state index contributed by atoms with van der Waals surface area (Å²) in [6, 6.07) is 29.2. The number of thiocarbonyl (C=S) groups is 5. The number of isothiocyanates is 4. The number of benzene rings is 6. The number of para-hydroxylation sites is 1. The van der Waals surface area contributed by atoms with E-state index < -0.39 is 41.8 Å². The number of halogens is 4. The fourth-order valence-corrected chi connectivity index (χ4v) is 6.85. The zero-order chi connectivity index (χ0) is 76.5. The Morgan fingerprint density at radius 2 is 0.859 bits per heavy atom. The van der Waals surface area contributed by atoms with E-state index in [0.717, 1.165) is 42.4 Å². The molecule has 1 aliphatic rings. The summed E-state index contributed by atoms with van der Waals surface area (Å²) in [6.07, 6.45) is 3.92. The van der Waals surface area contributed by atoms with Gasteiger partial charge >= 0.3 is 30.0 Å². The van der Waals surface area contributed by atoms with E-state index in [1.165, 1.54) is 86.2 Å². The van der Waals surface area contributed by atoms with Crippen LogP contribution in [-0.2, 0) is 9.36 Å². The Labute approximate surface area is 605 Å². The molecule has 2 amide bonds. The maximum Gasteiger partial charge on any atom is 0.428 e. The van der Waals surface area contributed by atoms with E-state index in [-0.39, 0.29) is 65.7 Å². The van der Waals surface area contributed by atoms with Crippen molar-refractivity contribution in [2.24, 2.45) is 35.2 Å². The fourth-order valence-electron chi connectivity index (χ4n) is 5.58. The highest BCUT2D eigenvalue weighted by molar-refractivity contribution is 8.05. The Hall–Kier alpha value is -11.5. The second kappa shape index (κ2) is 56.8. The number of hydrogen-bond acceptors (Lipinski definition) is 29. The molecule has 0 aliphatic heterocycles. The van der Waals surface area contributed by atoms with E-state index in [1.54, 1.807) is 30.3 Å². The van der Waals surface area contributed by atoms with Crippen LogP contribution in [0.5, 0.6) is 11.5 Å². The molecule has 1 saturated carbocycles. The molecule has 9 N–H and O–H groups in total. The van der Waals surface area contributed by atoms with Gasteiger partial charge in [-0.1, -0.05) is 72.9 Å².